The van der Waals surface area contributed by atoms with Crippen LogP contribution in [0.15, 0.2) is 0 Å². The molecule has 0 aliphatic carbocycles. The van der Waals surface area contributed by atoms with Gasteiger partial charge in [-0.25, -0.2) is 9.59 Å². The van der Waals surface area contributed by atoms with Crippen LogP contribution >= 0.6 is 0 Å². The summed E-state index contributed by atoms with van der Waals surface area (Å²) < 4.78 is 11.1. The maximum absolute atomic E-state index is 12.1. The Morgan fingerprint density at radius 3 is 2.68 bits per heavy atom. The van der Waals surface area contributed by atoms with Crippen LogP contribution in [0.25, 0.3) is 0 Å². The molecule has 110 valence electrons. The van der Waals surface area contributed by atoms with E-state index in [0.717, 1.165) is 19.3 Å². The molecular weight excluding hydrogens is 268 g/mol. The second-order valence-electron chi connectivity index (χ2n) is 4.99. The fourth-order valence-corrected chi connectivity index (χ4v) is 3.08. The molecule has 1 heterocycles. The number of nitrogens with one attached hydrogen (secondary N) is 1. The van der Waals surface area contributed by atoms with Crippen molar-refractivity contribution in [2.24, 2.45) is 0 Å². The summed E-state index contributed by atoms with van der Waals surface area (Å²) in [4.78, 5) is 24.7. The Bertz CT molecular complexity index is 362. The predicted octanol–water partition coefficient (Wildman–Crippen LogP) is 0.792. The summed E-state index contributed by atoms with van der Waals surface area (Å²) in [5, 5.41) is 11.9. The molecule has 1 fully saturated rings. The summed E-state index contributed by atoms with van der Waals surface area (Å²) in [6, 6.07) is -1.34. The zero-order valence-electron chi connectivity index (χ0n) is 11.4. The van der Waals surface area contributed by atoms with E-state index in [1.165, 1.54) is 4.90 Å². The standard InChI is InChI=1S/C12H22N2O4S/c1-9(8-19(2)18)13-12(17)14-7-5-3-4-6-10(14)11(15)16/h9-10H,3-8H2,1-2H3,(H,13,17)(H,15,16). The third kappa shape index (κ3) is 5.18. The van der Waals surface area contributed by atoms with Crippen LogP contribution in [0.3, 0.4) is 0 Å². The fourth-order valence-electron chi connectivity index (χ4n) is 2.30. The summed E-state index contributed by atoms with van der Waals surface area (Å²) in [6.45, 7) is 2.23. The Morgan fingerprint density at radius 1 is 1.42 bits per heavy atom. The molecule has 0 aromatic carbocycles. The number of carboxylic acids is 1. The molecule has 1 aliphatic heterocycles. The van der Waals surface area contributed by atoms with Crippen molar-refractivity contribution in [3.63, 3.8) is 0 Å². The Hall–Kier alpha value is -1.11. The number of aliphatic carboxylic acids is 1. The van der Waals surface area contributed by atoms with E-state index in [1.54, 1.807) is 13.2 Å². The molecule has 1 saturated heterocycles. The molecule has 2 N–H and O–H groups in total. The van der Waals surface area contributed by atoms with Gasteiger partial charge in [-0.1, -0.05) is 12.8 Å². The summed E-state index contributed by atoms with van der Waals surface area (Å²) in [6.07, 6.45) is 4.67. The van der Waals surface area contributed by atoms with Crippen LogP contribution in [0.5, 0.6) is 0 Å². The number of carboxylic acid groups (broad SMARTS) is 1. The number of carbonyl (C=O) groups excluding carboxylic acids is 1. The monoisotopic (exact) mass is 290 g/mol. The minimum absolute atomic E-state index is 0.226. The predicted molar refractivity (Wildman–Crippen MR) is 73.5 cm³/mol. The van der Waals surface area contributed by atoms with Gasteiger partial charge < -0.3 is 15.3 Å². The van der Waals surface area contributed by atoms with Crippen molar-refractivity contribution < 1.29 is 18.9 Å². The maximum atomic E-state index is 12.1. The van der Waals surface area contributed by atoms with E-state index in [9.17, 15) is 18.9 Å². The maximum Gasteiger partial charge on any atom is 0.326 e. The Kier molecular flexibility index (Phi) is 6.27. The van der Waals surface area contributed by atoms with Crippen LogP contribution in [-0.2, 0) is 15.6 Å². The molecule has 7 heteroatoms. The van der Waals surface area contributed by atoms with E-state index >= 15 is 0 Å². The van der Waals surface area contributed by atoms with Crippen molar-refractivity contribution in [3.05, 3.63) is 0 Å². The first-order valence-corrected chi connectivity index (χ1v) is 8.24. The van der Waals surface area contributed by atoms with Crippen LogP contribution in [-0.4, -0.2) is 56.9 Å². The number of amides is 2. The molecule has 0 bridgehead atoms. The minimum Gasteiger partial charge on any atom is -0.480 e. The van der Waals surface area contributed by atoms with Gasteiger partial charge in [0.15, 0.2) is 0 Å². The number of urea groups is 1. The van der Waals surface area contributed by atoms with Gasteiger partial charge in [0.2, 0.25) is 0 Å². The molecule has 0 saturated carbocycles. The number of nitrogens with zero attached hydrogens (tertiary/aromatic N) is 1. The number of carbonyl (C=O) groups is 2. The highest BCUT2D eigenvalue weighted by atomic mass is 32.2. The summed E-state index contributed by atoms with van der Waals surface area (Å²) in [5.74, 6) is -0.583. The first kappa shape index (κ1) is 15.9. The number of likely N-dealkylation sites (tertiary alicyclic amines) is 1. The Balaban J connectivity index is 2.65. The topological polar surface area (TPSA) is 86.7 Å². The smallest absolute Gasteiger partial charge is 0.326 e. The van der Waals surface area contributed by atoms with Crippen LogP contribution in [0.2, 0.25) is 0 Å². The molecule has 1 aliphatic rings. The van der Waals surface area contributed by atoms with Crippen molar-refractivity contribution >= 4 is 22.8 Å². The third-order valence-corrected chi connectivity index (χ3v) is 4.12. The molecular formula is C12H22N2O4S. The average Bonchev–Trinajstić information content (AvgIpc) is 2.52. The number of hydrogen-bond donors (Lipinski definition) is 2. The van der Waals surface area contributed by atoms with Crippen molar-refractivity contribution in [1.29, 1.82) is 0 Å². The molecule has 0 aromatic heterocycles. The molecule has 1 rings (SSSR count). The molecule has 6 nitrogen and oxygen atoms in total. The highest BCUT2D eigenvalue weighted by Crippen LogP contribution is 2.17. The minimum atomic E-state index is -0.988. The van der Waals surface area contributed by atoms with Crippen LogP contribution in [0.4, 0.5) is 4.79 Å². The van der Waals surface area contributed by atoms with Crippen LogP contribution in [0, 0.1) is 0 Å². The van der Waals surface area contributed by atoms with Crippen LogP contribution < -0.4 is 5.32 Å². The Morgan fingerprint density at radius 2 is 2.11 bits per heavy atom. The van der Waals surface area contributed by atoms with Gasteiger partial charge in [0.25, 0.3) is 0 Å². The van der Waals surface area contributed by atoms with Crippen molar-refractivity contribution in [2.45, 2.75) is 44.7 Å². The van der Waals surface area contributed by atoms with Gasteiger partial charge in [0.1, 0.15) is 6.04 Å². The molecule has 0 aromatic rings. The largest absolute Gasteiger partial charge is 0.480 e. The molecule has 0 spiro atoms. The van der Waals surface area contributed by atoms with Gasteiger partial charge in [-0.2, -0.15) is 0 Å². The van der Waals surface area contributed by atoms with E-state index in [4.69, 9.17) is 0 Å². The quantitative estimate of drug-likeness (QED) is 0.801. The fraction of sp³-hybridized carbons (Fsp3) is 0.833. The summed E-state index contributed by atoms with van der Waals surface area (Å²) >= 11 is 0. The third-order valence-electron chi connectivity index (χ3n) is 3.15. The van der Waals surface area contributed by atoms with E-state index in [1.807, 2.05) is 0 Å². The van der Waals surface area contributed by atoms with Gasteiger partial charge in [0.05, 0.1) is 0 Å². The second-order valence-corrected chi connectivity index (χ2v) is 6.47. The molecule has 2 amide bonds. The lowest BCUT2D eigenvalue weighted by Gasteiger charge is -2.28. The van der Waals surface area contributed by atoms with E-state index in [0.29, 0.717) is 18.7 Å². The normalized spacial score (nSPS) is 23.3. The lowest BCUT2D eigenvalue weighted by Crippen LogP contribution is -2.52. The molecule has 3 atom stereocenters. The molecule has 3 unspecified atom stereocenters. The van der Waals surface area contributed by atoms with Crippen molar-refractivity contribution in [1.82, 2.24) is 10.2 Å². The molecule has 0 radical (unpaired) electrons. The van der Waals surface area contributed by atoms with Crippen molar-refractivity contribution in [2.75, 3.05) is 18.6 Å². The highest BCUT2D eigenvalue weighted by Gasteiger charge is 2.31. The lowest BCUT2D eigenvalue weighted by molar-refractivity contribution is -0.142. The Labute approximate surface area is 116 Å². The highest BCUT2D eigenvalue weighted by molar-refractivity contribution is 7.84. The summed E-state index contributed by atoms with van der Waals surface area (Å²) in [5.41, 5.74) is 0. The molecule has 19 heavy (non-hydrogen) atoms. The SMILES string of the molecule is CC(CS(C)=O)NC(=O)N1CCCCCC1C(=O)O. The van der Waals surface area contributed by atoms with Gasteiger partial charge in [-0.3, -0.25) is 4.21 Å². The zero-order chi connectivity index (χ0) is 14.4. The lowest BCUT2D eigenvalue weighted by atomic mass is 10.1. The van der Waals surface area contributed by atoms with Gasteiger partial charge in [-0.15, -0.1) is 0 Å². The second kappa shape index (κ2) is 7.47. The first-order valence-electron chi connectivity index (χ1n) is 6.51. The van der Waals surface area contributed by atoms with E-state index in [-0.39, 0.29) is 12.1 Å². The van der Waals surface area contributed by atoms with Gasteiger partial charge in [-0.05, 0) is 19.8 Å². The van der Waals surface area contributed by atoms with Gasteiger partial charge in [0, 0.05) is 35.4 Å². The number of hydrogen-bond acceptors (Lipinski definition) is 3. The number of rotatable bonds is 4. The van der Waals surface area contributed by atoms with Crippen LogP contribution in [0.1, 0.15) is 32.6 Å². The average molecular weight is 290 g/mol. The van der Waals surface area contributed by atoms with Gasteiger partial charge >= 0.3 is 12.0 Å². The van der Waals surface area contributed by atoms with E-state index < -0.39 is 22.8 Å². The van der Waals surface area contributed by atoms with E-state index in [2.05, 4.69) is 5.32 Å². The summed E-state index contributed by atoms with van der Waals surface area (Å²) in [7, 11) is -0.988. The van der Waals surface area contributed by atoms with Crippen molar-refractivity contribution in [3.8, 4) is 0 Å². The first-order chi connectivity index (χ1) is 8.91. The zero-order valence-corrected chi connectivity index (χ0v) is 12.2.